The number of ether oxygens (including phenoxy) is 1. The van der Waals surface area contributed by atoms with E-state index in [0.717, 1.165) is 32.0 Å². The molecular formula is C19H21N3O5S. The van der Waals surface area contributed by atoms with Gasteiger partial charge in [0.15, 0.2) is 0 Å². The van der Waals surface area contributed by atoms with Crippen molar-refractivity contribution in [2.24, 2.45) is 5.73 Å². The third kappa shape index (κ3) is 4.09. The Kier molecular flexibility index (Phi) is 5.55. The van der Waals surface area contributed by atoms with Crippen molar-refractivity contribution < 1.29 is 22.7 Å². The topological polar surface area (TPSA) is 119 Å². The van der Waals surface area contributed by atoms with Crippen molar-refractivity contribution in [2.75, 3.05) is 24.9 Å². The molecule has 3 N–H and O–H groups in total. The summed E-state index contributed by atoms with van der Waals surface area (Å²) < 4.78 is 32.7. The Morgan fingerprint density at radius 1 is 1.07 bits per heavy atom. The summed E-state index contributed by atoms with van der Waals surface area (Å²) in [6, 6.07) is 10.1. The van der Waals surface area contributed by atoms with E-state index in [1.165, 1.54) is 31.4 Å². The lowest BCUT2D eigenvalue weighted by Gasteiger charge is -2.15. The SMILES string of the molecule is COc1ccc(S(=O)(=O)Nc2ccc(C(=O)N3CCCC3)cc2)cc1C(N)=O. The van der Waals surface area contributed by atoms with Gasteiger partial charge in [0.2, 0.25) is 0 Å². The lowest BCUT2D eigenvalue weighted by molar-refractivity contribution is 0.0792. The van der Waals surface area contributed by atoms with Crippen LogP contribution in [0, 0.1) is 0 Å². The zero-order valence-electron chi connectivity index (χ0n) is 15.3. The molecule has 8 nitrogen and oxygen atoms in total. The second-order valence-electron chi connectivity index (χ2n) is 6.41. The van der Waals surface area contributed by atoms with Gasteiger partial charge in [-0.3, -0.25) is 14.3 Å². The monoisotopic (exact) mass is 403 g/mol. The zero-order chi connectivity index (χ0) is 20.3. The van der Waals surface area contributed by atoms with Crippen LogP contribution >= 0.6 is 0 Å². The number of hydrogen-bond donors (Lipinski definition) is 2. The number of primary amides is 1. The molecule has 28 heavy (non-hydrogen) atoms. The van der Waals surface area contributed by atoms with E-state index in [2.05, 4.69) is 4.72 Å². The average molecular weight is 403 g/mol. The van der Waals surface area contributed by atoms with E-state index in [4.69, 9.17) is 10.5 Å². The van der Waals surface area contributed by atoms with Crippen molar-refractivity contribution in [2.45, 2.75) is 17.7 Å². The number of anilines is 1. The fourth-order valence-corrected chi connectivity index (χ4v) is 4.13. The van der Waals surface area contributed by atoms with Crippen LogP contribution in [0.3, 0.4) is 0 Å². The number of methoxy groups -OCH3 is 1. The zero-order valence-corrected chi connectivity index (χ0v) is 16.2. The van der Waals surface area contributed by atoms with Gasteiger partial charge >= 0.3 is 0 Å². The number of carbonyl (C=O) groups excluding carboxylic acids is 2. The molecule has 1 fully saturated rings. The number of likely N-dealkylation sites (tertiary alicyclic amines) is 1. The minimum Gasteiger partial charge on any atom is -0.496 e. The summed E-state index contributed by atoms with van der Waals surface area (Å²) in [5.74, 6) is -0.664. The predicted octanol–water partition coefficient (Wildman–Crippen LogP) is 1.83. The number of nitrogens with zero attached hydrogens (tertiary/aromatic N) is 1. The maximum Gasteiger partial charge on any atom is 0.261 e. The Balaban J connectivity index is 1.79. The van der Waals surface area contributed by atoms with Gasteiger partial charge in [-0.15, -0.1) is 0 Å². The first-order valence-corrected chi connectivity index (χ1v) is 10.2. The van der Waals surface area contributed by atoms with Crippen molar-refractivity contribution in [3.8, 4) is 5.75 Å². The third-order valence-corrected chi connectivity index (χ3v) is 5.90. The highest BCUT2D eigenvalue weighted by atomic mass is 32.2. The van der Waals surface area contributed by atoms with E-state index in [1.54, 1.807) is 17.0 Å². The summed E-state index contributed by atoms with van der Waals surface area (Å²) in [6.45, 7) is 1.49. The molecule has 2 aromatic rings. The molecule has 0 aromatic heterocycles. The number of nitrogens with two attached hydrogens (primary N) is 1. The molecule has 2 amide bonds. The largest absolute Gasteiger partial charge is 0.496 e. The number of sulfonamides is 1. The Morgan fingerprint density at radius 2 is 1.71 bits per heavy atom. The lowest BCUT2D eigenvalue weighted by Crippen LogP contribution is -2.27. The summed E-state index contributed by atoms with van der Waals surface area (Å²) in [5, 5.41) is 0. The molecule has 0 aliphatic carbocycles. The molecule has 9 heteroatoms. The van der Waals surface area contributed by atoms with Gasteiger partial charge in [0.25, 0.3) is 21.8 Å². The smallest absolute Gasteiger partial charge is 0.261 e. The van der Waals surface area contributed by atoms with Crippen LogP contribution in [0.2, 0.25) is 0 Å². The van der Waals surface area contributed by atoms with Crippen molar-refractivity contribution >= 4 is 27.5 Å². The van der Waals surface area contributed by atoms with Crippen LogP contribution in [-0.2, 0) is 10.0 Å². The molecule has 0 radical (unpaired) electrons. The average Bonchev–Trinajstić information content (AvgIpc) is 3.22. The van der Waals surface area contributed by atoms with Gasteiger partial charge < -0.3 is 15.4 Å². The van der Waals surface area contributed by atoms with Crippen LogP contribution in [-0.4, -0.2) is 45.3 Å². The van der Waals surface area contributed by atoms with Gasteiger partial charge in [0.05, 0.1) is 17.6 Å². The Labute approximate surface area is 163 Å². The maximum atomic E-state index is 12.6. The number of carbonyl (C=O) groups is 2. The highest BCUT2D eigenvalue weighted by Gasteiger charge is 2.21. The number of rotatable bonds is 6. The molecule has 148 valence electrons. The molecule has 0 atom stereocenters. The van der Waals surface area contributed by atoms with Crippen molar-refractivity contribution in [3.05, 3.63) is 53.6 Å². The molecule has 1 aliphatic rings. The van der Waals surface area contributed by atoms with Crippen LogP contribution in [0.15, 0.2) is 47.4 Å². The molecule has 3 rings (SSSR count). The van der Waals surface area contributed by atoms with E-state index in [9.17, 15) is 18.0 Å². The first kappa shape index (κ1) is 19.7. The van der Waals surface area contributed by atoms with Gasteiger partial charge in [0.1, 0.15) is 5.75 Å². The highest BCUT2D eigenvalue weighted by Crippen LogP contribution is 2.24. The molecule has 0 spiro atoms. The summed E-state index contributed by atoms with van der Waals surface area (Å²) in [6.07, 6.45) is 2.00. The summed E-state index contributed by atoms with van der Waals surface area (Å²) in [5.41, 5.74) is 6.06. The summed E-state index contributed by atoms with van der Waals surface area (Å²) in [4.78, 5) is 25.5. The van der Waals surface area contributed by atoms with Crippen LogP contribution in [0.5, 0.6) is 5.75 Å². The highest BCUT2D eigenvalue weighted by molar-refractivity contribution is 7.92. The van der Waals surface area contributed by atoms with Crippen LogP contribution in [0.4, 0.5) is 5.69 Å². The second kappa shape index (κ2) is 7.89. The quantitative estimate of drug-likeness (QED) is 0.763. The fraction of sp³-hybridized carbons (Fsp3) is 0.263. The predicted molar refractivity (Wildman–Crippen MR) is 104 cm³/mol. The first-order chi connectivity index (χ1) is 13.3. The minimum atomic E-state index is -3.95. The van der Waals surface area contributed by atoms with Gasteiger partial charge in [-0.1, -0.05) is 0 Å². The second-order valence-corrected chi connectivity index (χ2v) is 8.09. The molecule has 0 unspecified atom stereocenters. The van der Waals surface area contributed by atoms with Crippen LogP contribution in [0.25, 0.3) is 0 Å². The third-order valence-electron chi connectivity index (χ3n) is 4.52. The standard InChI is InChI=1S/C19H21N3O5S/c1-27-17-9-8-15(12-16(17)18(20)23)28(25,26)21-14-6-4-13(5-7-14)19(24)22-10-2-3-11-22/h4-9,12,21H,2-3,10-11H2,1H3,(H2,20,23). The van der Waals surface area contributed by atoms with E-state index in [-0.39, 0.29) is 22.1 Å². The molecule has 1 aliphatic heterocycles. The lowest BCUT2D eigenvalue weighted by atomic mass is 10.2. The van der Waals surface area contributed by atoms with E-state index in [1.807, 2.05) is 0 Å². The Morgan fingerprint density at radius 3 is 2.29 bits per heavy atom. The summed E-state index contributed by atoms with van der Waals surface area (Å²) in [7, 11) is -2.59. The maximum absolute atomic E-state index is 12.6. The van der Waals surface area contributed by atoms with E-state index < -0.39 is 15.9 Å². The fourth-order valence-electron chi connectivity index (χ4n) is 3.04. The van der Waals surface area contributed by atoms with Crippen molar-refractivity contribution in [1.82, 2.24) is 4.90 Å². The molecule has 1 heterocycles. The van der Waals surface area contributed by atoms with Crippen molar-refractivity contribution in [1.29, 1.82) is 0 Å². The summed E-state index contributed by atoms with van der Waals surface area (Å²) >= 11 is 0. The van der Waals surface area contributed by atoms with Gasteiger partial charge in [-0.05, 0) is 55.3 Å². The number of hydrogen-bond acceptors (Lipinski definition) is 5. The van der Waals surface area contributed by atoms with E-state index in [0.29, 0.717) is 11.3 Å². The normalized spacial score (nSPS) is 14.0. The molecule has 0 saturated carbocycles. The molecule has 2 aromatic carbocycles. The van der Waals surface area contributed by atoms with Gasteiger partial charge in [-0.2, -0.15) is 0 Å². The van der Waals surface area contributed by atoms with Crippen molar-refractivity contribution in [3.63, 3.8) is 0 Å². The molecule has 1 saturated heterocycles. The minimum absolute atomic E-state index is 0.0306. The van der Waals surface area contributed by atoms with Gasteiger partial charge in [-0.25, -0.2) is 8.42 Å². The molecular weight excluding hydrogens is 382 g/mol. The van der Waals surface area contributed by atoms with Crippen LogP contribution < -0.4 is 15.2 Å². The molecule has 0 bridgehead atoms. The number of nitrogens with one attached hydrogen (secondary N) is 1. The number of benzene rings is 2. The van der Waals surface area contributed by atoms with Crippen LogP contribution in [0.1, 0.15) is 33.6 Å². The number of amides is 2. The first-order valence-electron chi connectivity index (χ1n) is 8.72. The Hall–Kier alpha value is -3.07. The Bertz CT molecular complexity index is 997. The van der Waals surface area contributed by atoms with E-state index >= 15 is 0 Å². The van der Waals surface area contributed by atoms with Gasteiger partial charge in [0, 0.05) is 24.3 Å².